The molecule has 0 heterocycles. The Hall–Kier alpha value is -4.79. The zero-order valence-corrected chi connectivity index (χ0v) is 22.1. The van der Waals surface area contributed by atoms with E-state index < -0.39 is 0 Å². The molecule has 0 unspecified atom stereocenters. The SMILES string of the molecule is Clc1c(-c2cccc(N(c3ccccc3)c3ccccc3)c2)cccc1N(c1ccccc1)c1ccccc1. The summed E-state index contributed by atoms with van der Waals surface area (Å²) in [6.45, 7) is 0. The molecule has 0 saturated carbocycles. The lowest BCUT2D eigenvalue weighted by Gasteiger charge is -2.28. The Balaban J connectivity index is 1.47. The van der Waals surface area contributed by atoms with E-state index >= 15 is 0 Å². The van der Waals surface area contributed by atoms with Gasteiger partial charge >= 0.3 is 0 Å². The Morgan fingerprint density at radius 2 is 0.769 bits per heavy atom. The van der Waals surface area contributed by atoms with Gasteiger partial charge in [-0.2, -0.15) is 0 Å². The Bertz CT molecular complexity index is 1570. The van der Waals surface area contributed by atoms with Crippen molar-refractivity contribution in [1.82, 2.24) is 0 Å². The van der Waals surface area contributed by atoms with Crippen molar-refractivity contribution in [2.75, 3.05) is 9.80 Å². The molecule has 2 nitrogen and oxygen atoms in total. The molecule has 0 aliphatic heterocycles. The maximum Gasteiger partial charge on any atom is 0.0725 e. The number of hydrogen-bond acceptors (Lipinski definition) is 2. The van der Waals surface area contributed by atoms with E-state index in [2.05, 4.69) is 125 Å². The minimum atomic E-state index is 0.702. The van der Waals surface area contributed by atoms with Crippen molar-refractivity contribution in [3.8, 4) is 11.1 Å². The third-order valence-corrected chi connectivity index (χ3v) is 7.09. The summed E-state index contributed by atoms with van der Waals surface area (Å²) in [4.78, 5) is 4.47. The smallest absolute Gasteiger partial charge is 0.0725 e. The van der Waals surface area contributed by atoms with Crippen LogP contribution in [-0.4, -0.2) is 0 Å². The molecule has 0 aliphatic rings. The number of para-hydroxylation sites is 4. The molecule has 6 aromatic carbocycles. The summed E-state index contributed by atoms with van der Waals surface area (Å²) in [5.41, 5.74) is 8.33. The first-order valence-corrected chi connectivity index (χ1v) is 13.4. The summed E-state index contributed by atoms with van der Waals surface area (Å²) in [7, 11) is 0. The van der Waals surface area contributed by atoms with E-state index in [1.807, 2.05) is 48.5 Å². The third-order valence-electron chi connectivity index (χ3n) is 6.69. The first-order chi connectivity index (χ1) is 19.3. The summed E-state index contributed by atoms with van der Waals surface area (Å²) < 4.78 is 0. The Morgan fingerprint density at radius 3 is 1.26 bits per heavy atom. The second-order valence-corrected chi connectivity index (χ2v) is 9.58. The van der Waals surface area contributed by atoms with Crippen LogP contribution in [0.2, 0.25) is 5.02 Å². The van der Waals surface area contributed by atoms with Gasteiger partial charge in [0.2, 0.25) is 0 Å². The number of hydrogen-bond donors (Lipinski definition) is 0. The lowest BCUT2D eigenvalue weighted by atomic mass is 10.0. The fourth-order valence-corrected chi connectivity index (χ4v) is 5.23. The van der Waals surface area contributed by atoms with Crippen LogP contribution in [0, 0.1) is 0 Å². The highest BCUT2D eigenvalue weighted by atomic mass is 35.5. The number of nitrogens with zero attached hydrogens (tertiary/aromatic N) is 2. The average Bonchev–Trinajstić information content (AvgIpc) is 3.01. The standard InChI is InChI=1S/C36H27ClN2/c37-36-34(25-14-26-35(36)39(31-20-9-3-10-21-31)32-22-11-4-12-23-32)28-15-13-24-33(27-28)38(29-16-5-1-6-17-29)30-18-7-2-8-19-30/h1-27H. The van der Waals surface area contributed by atoms with Crippen LogP contribution in [0.15, 0.2) is 164 Å². The van der Waals surface area contributed by atoms with Crippen molar-refractivity contribution in [2.45, 2.75) is 0 Å². The van der Waals surface area contributed by atoms with Crippen molar-refractivity contribution in [3.63, 3.8) is 0 Å². The monoisotopic (exact) mass is 522 g/mol. The van der Waals surface area contributed by atoms with Gasteiger partial charge in [-0.3, -0.25) is 0 Å². The Morgan fingerprint density at radius 1 is 0.359 bits per heavy atom. The van der Waals surface area contributed by atoms with Gasteiger partial charge in [-0.05, 0) is 72.3 Å². The quantitative estimate of drug-likeness (QED) is 0.206. The molecule has 0 aromatic heterocycles. The molecule has 39 heavy (non-hydrogen) atoms. The molecule has 0 amide bonds. The minimum absolute atomic E-state index is 0.702. The van der Waals surface area contributed by atoms with Crippen LogP contribution in [0.5, 0.6) is 0 Å². The van der Waals surface area contributed by atoms with Gasteiger partial charge < -0.3 is 9.80 Å². The molecule has 0 atom stereocenters. The highest BCUT2D eigenvalue weighted by molar-refractivity contribution is 6.36. The molecule has 0 saturated heterocycles. The molecule has 3 heteroatoms. The predicted octanol–water partition coefficient (Wildman–Crippen LogP) is 10.9. The average molecular weight is 523 g/mol. The van der Waals surface area contributed by atoms with Crippen LogP contribution < -0.4 is 9.80 Å². The van der Waals surface area contributed by atoms with Gasteiger partial charge in [-0.25, -0.2) is 0 Å². The molecule has 0 bridgehead atoms. The fourth-order valence-electron chi connectivity index (χ4n) is 4.91. The van der Waals surface area contributed by atoms with E-state index in [4.69, 9.17) is 11.6 Å². The Labute approximate surface area is 235 Å². The summed E-state index contributed by atoms with van der Waals surface area (Å²) in [6.07, 6.45) is 0. The van der Waals surface area contributed by atoms with Crippen LogP contribution in [0.25, 0.3) is 11.1 Å². The number of benzene rings is 6. The number of halogens is 1. The van der Waals surface area contributed by atoms with Gasteiger partial charge in [0.25, 0.3) is 0 Å². The van der Waals surface area contributed by atoms with Gasteiger partial charge in [-0.15, -0.1) is 0 Å². The van der Waals surface area contributed by atoms with Crippen LogP contribution >= 0.6 is 11.6 Å². The lowest BCUT2D eigenvalue weighted by Crippen LogP contribution is -2.11. The number of rotatable bonds is 7. The highest BCUT2D eigenvalue weighted by Crippen LogP contribution is 2.44. The zero-order valence-electron chi connectivity index (χ0n) is 21.4. The third kappa shape index (κ3) is 5.16. The van der Waals surface area contributed by atoms with Crippen LogP contribution in [0.4, 0.5) is 34.1 Å². The molecule has 0 radical (unpaired) electrons. The maximum absolute atomic E-state index is 7.25. The largest absolute Gasteiger partial charge is 0.310 e. The molecular weight excluding hydrogens is 496 g/mol. The summed E-state index contributed by atoms with van der Waals surface area (Å²) in [6, 6.07) is 56.4. The topological polar surface area (TPSA) is 6.48 Å². The molecule has 0 N–H and O–H groups in total. The summed E-state index contributed by atoms with van der Waals surface area (Å²) in [5.74, 6) is 0. The van der Waals surface area contributed by atoms with E-state index in [1.165, 1.54) is 0 Å². The number of anilines is 6. The molecular formula is C36H27ClN2. The molecule has 0 spiro atoms. The van der Waals surface area contributed by atoms with Crippen LogP contribution in [-0.2, 0) is 0 Å². The van der Waals surface area contributed by atoms with Gasteiger partial charge in [0.1, 0.15) is 0 Å². The van der Waals surface area contributed by atoms with Crippen LogP contribution in [0.3, 0.4) is 0 Å². The van der Waals surface area contributed by atoms with E-state index in [1.54, 1.807) is 0 Å². The predicted molar refractivity (Wildman–Crippen MR) is 166 cm³/mol. The van der Waals surface area contributed by atoms with Gasteiger partial charge in [0, 0.05) is 34.0 Å². The molecule has 0 fully saturated rings. The molecule has 0 aliphatic carbocycles. The van der Waals surface area contributed by atoms with Crippen molar-refractivity contribution < 1.29 is 0 Å². The molecule has 188 valence electrons. The van der Waals surface area contributed by atoms with Crippen molar-refractivity contribution in [2.24, 2.45) is 0 Å². The highest BCUT2D eigenvalue weighted by Gasteiger charge is 2.19. The van der Waals surface area contributed by atoms with Crippen LogP contribution in [0.1, 0.15) is 0 Å². The van der Waals surface area contributed by atoms with Crippen molar-refractivity contribution >= 4 is 45.7 Å². The van der Waals surface area contributed by atoms with Crippen molar-refractivity contribution in [3.05, 3.63) is 169 Å². The maximum atomic E-state index is 7.25. The minimum Gasteiger partial charge on any atom is -0.310 e. The Kier molecular flexibility index (Phi) is 7.11. The second-order valence-electron chi connectivity index (χ2n) is 9.20. The van der Waals surface area contributed by atoms with Gasteiger partial charge in [0.15, 0.2) is 0 Å². The first kappa shape index (κ1) is 24.5. The molecule has 6 rings (SSSR count). The lowest BCUT2D eigenvalue weighted by molar-refractivity contribution is 1.28. The summed E-state index contributed by atoms with van der Waals surface area (Å²) in [5, 5.41) is 0.702. The fraction of sp³-hybridized carbons (Fsp3) is 0. The van der Waals surface area contributed by atoms with E-state index in [0.29, 0.717) is 5.02 Å². The first-order valence-electron chi connectivity index (χ1n) is 13.0. The van der Waals surface area contributed by atoms with Gasteiger partial charge in [0.05, 0.1) is 10.7 Å². The van der Waals surface area contributed by atoms with Gasteiger partial charge in [-0.1, -0.05) is 109 Å². The van der Waals surface area contributed by atoms with E-state index in [-0.39, 0.29) is 0 Å². The second kappa shape index (κ2) is 11.3. The van der Waals surface area contributed by atoms with E-state index in [9.17, 15) is 0 Å². The van der Waals surface area contributed by atoms with E-state index in [0.717, 1.165) is 45.3 Å². The van der Waals surface area contributed by atoms with Crippen molar-refractivity contribution in [1.29, 1.82) is 0 Å². The normalized spacial score (nSPS) is 10.7. The molecule has 6 aromatic rings. The summed E-state index contributed by atoms with van der Waals surface area (Å²) >= 11 is 7.25. The zero-order chi connectivity index (χ0) is 26.4.